The number of benzene rings is 1. The number of ether oxygens (including phenoxy) is 2. The summed E-state index contributed by atoms with van der Waals surface area (Å²) in [7, 11) is 5.70. The fraction of sp³-hybridized carbons (Fsp3) is 0.333. The van der Waals surface area contributed by atoms with E-state index < -0.39 is 0 Å². The molecule has 1 heterocycles. The average Bonchev–Trinajstić information content (AvgIpc) is 2.67. The van der Waals surface area contributed by atoms with Gasteiger partial charge >= 0.3 is 0 Å². The first kappa shape index (κ1) is 23.8. The van der Waals surface area contributed by atoms with Gasteiger partial charge in [0.15, 0.2) is 0 Å². The number of nitrogens with zero attached hydrogens (tertiary/aromatic N) is 3. The van der Waals surface area contributed by atoms with Gasteiger partial charge in [0.05, 0.1) is 5.60 Å². The lowest BCUT2D eigenvalue weighted by atomic mass is 10.1. The summed E-state index contributed by atoms with van der Waals surface area (Å²) in [5, 5.41) is 18.0. The summed E-state index contributed by atoms with van der Waals surface area (Å²) in [4.78, 5) is 2.04. The van der Waals surface area contributed by atoms with Crippen LogP contribution in [0, 0.1) is 22.7 Å². The van der Waals surface area contributed by atoms with Crippen LogP contribution in [0.15, 0.2) is 65.2 Å². The highest BCUT2D eigenvalue weighted by atomic mass is 16.5. The van der Waals surface area contributed by atoms with Crippen molar-refractivity contribution in [1.82, 2.24) is 0 Å². The van der Waals surface area contributed by atoms with Gasteiger partial charge in [0.25, 0.3) is 0 Å². The van der Waals surface area contributed by atoms with Crippen molar-refractivity contribution < 1.29 is 9.47 Å². The summed E-state index contributed by atoms with van der Waals surface area (Å²) in [5.74, 6) is 1.24. The van der Waals surface area contributed by atoms with Gasteiger partial charge in [-0.3, -0.25) is 0 Å². The molecular weight excluding hydrogens is 362 g/mol. The first-order chi connectivity index (χ1) is 13.6. The highest BCUT2D eigenvalue weighted by molar-refractivity contribution is 5.59. The monoisotopic (exact) mass is 391 g/mol. The molecule has 1 aromatic rings. The van der Waals surface area contributed by atoms with Crippen LogP contribution in [0.4, 0.5) is 5.69 Å². The van der Waals surface area contributed by atoms with Crippen molar-refractivity contribution >= 4 is 11.8 Å². The molecule has 1 aromatic carbocycles. The molecule has 2 rings (SSSR count). The van der Waals surface area contributed by atoms with E-state index in [0.29, 0.717) is 17.1 Å². The van der Waals surface area contributed by atoms with Crippen LogP contribution < -0.4 is 4.90 Å². The molecule has 1 aliphatic rings. The lowest BCUT2D eigenvalue weighted by Gasteiger charge is -2.14. The third kappa shape index (κ3) is 8.51. The molecule has 1 aliphatic heterocycles. The zero-order chi connectivity index (χ0) is 22.0. The largest absolute Gasteiger partial charge is 0.462 e. The number of methoxy groups -OCH3 is 1. The Balaban J connectivity index is 0.000000612. The van der Waals surface area contributed by atoms with Gasteiger partial charge in [0.2, 0.25) is 0 Å². The van der Waals surface area contributed by atoms with Gasteiger partial charge in [-0.05, 0) is 63.6 Å². The van der Waals surface area contributed by atoms with Crippen molar-refractivity contribution in [2.75, 3.05) is 26.1 Å². The summed E-state index contributed by atoms with van der Waals surface area (Å²) < 4.78 is 10.6. The second kappa shape index (κ2) is 10.9. The van der Waals surface area contributed by atoms with Crippen molar-refractivity contribution in [3.63, 3.8) is 0 Å². The molecule has 5 nitrogen and oxygen atoms in total. The summed E-state index contributed by atoms with van der Waals surface area (Å²) in [5.41, 5.74) is 2.86. The molecule has 0 amide bonds. The Kier molecular flexibility index (Phi) is 8.93. The van der Waals surface area contributed by atoms with Crippen LogP contribution >= 0.6 is 0 Å². The molecule has 0 unspecified atom stereocenters. The Labute approximate surface area is 174 Å². The summed E-state index contributed by atoms with van der Waals surface area (Å²) in [6.07, 6.45) is 7.14. The maximum atomic E-state index is 8.98. The number of hydrogen-bond acceptors (Lipinski definition) is 5. The molecule has 0 bridgehead atoms. The van der Waals surface area contributed by atoms with Gasteiger partial charge in [-0.25, -0.2) is 0 Å². The lowest BCUT2D eigenvalue weighted by Crippen LogP contribution is -2.15. The molecule has 0 saturated carbocycles. The van der Waals surface area contributed by atoms with Crippen molar-refractivity contribution in [1.29, 1.82) is 10.5 Å². The van der Waals surface area contributed by atoms with E-state index in [9.17, 15) is 0 Å². The Morgan fingerprint density at radius 2 is 1.59 bits per heavy atom. The van der Waals surface area contributed by atoms with E-state index in [4.69, 9.17) is 20.0 Å². The molecule has 152 valence electrons. The van der Waals surface area contributed by atoms with Crippen LogP contribution in [0.5, 0.6) is 0 Å². The van der Waals surface area contributed by atoms with E-state index in [2.05, 4.69) is 0 Å². The minimum Gasteiger partial charge on any atom is -0.462 e. The predicted molar refractivity (Wildman–Crippen MR) is 118 cm³/mol. The number of rotatable bonds is 3. The first-order valence-corrected chi connectivity index (χ1v) is 9.22. The highest BCUT2D eigenvalue weighted by Gasteiger charge is 2.10. The molecule has 0 N–H and O–H groups in total. The minimum atomic E-state index is 0.0417. The maximum absolute atomic E-state index is 8.98. The highest BCUT2D eigenvalue weighted by Crippen LogP contribution is 2.23. The van der Waals surface area contributed by atoms with Crippen molar-refractivity contribution in [2.45, 2.75) is 33.3 Å². The van der Waals surface area contributed by atoms with Gasteiger partial charge in [-0.2, -0.15) is 10.5 Å². The molecule has 0 spiro atoms. The van der Waals surface area contributed by atoms with Crippen LogP contribution in [-0.4, -0.2) is 26.8 Å². The predicted octanol–water partition coefficient (Wildman–Crippen LogP) is 5.36. The van der Waals surface area contributed by atoms with Crippen molar-refractivity contribution in [3.8, 4) is 12.1 Å². The fourth-order valence-corrected chi connectivity index (χ4v) is 2.10. The zero-order valence-electron chi connectivity index (χ0n) is 18.3. The van der Waals surface area contributed by atoms with Crippen molar-refractivity contribution in [2.24, 2.45) is 0 Å². The Bertz CT molecular complexity index is 881. The average molecular weight is 392 g/mol. The quantitative estimate of drug-likeness (QED) is 0.649. The van der Waals surface area contributed by atoms with Crippen LogP contribution in [-0.2, 0) is 9.47 Å². The number of nitriles is 2. The van der Waals surface area contributed by atoms with Gasteiger partial charge in [-0.1, -0.05) is 18.2 Å². The van der Waals surface area contributed by atoms with E-state index in [1.165, 1.54) is 0 Å². The van der Waals surface area contributed by atoms with Gasteiger partial charge < -0.3 is 14.4 Å². The molecule has 0 aliphatic carbocycles. The number of allylic oxidation sites excluding steroid dienone is 6. The Morgan fingerprint density at radius 3 is 2.03 bits per heavy atom. The van der Waals surface area contributed by atoms with Gasteiger partial charge in [-0.15, -0.1) is 0 Å². The van der Waals surface area contributed by atoms with E-state index in [0.717, 1.165) is 11.3 Å². The number of anilines is 1. The lowest BCUT2D eigenvalue weighted by molar-refractivity contribution is 0.0397. The van der Waals surface area contributed by atoms with E-state index >= 15 is 0 Å². The van der Waals surface area contributed by atoms with Crippen LogP contribution in [0.3, 0.4) is 0 Å². The maximum Gasteiger partial charge on any atom is 0.137 e. The second-order valence-electron chi connectivity index (χ2n) is 7.59. The van der Waals surface area contributed by atoms with Crippen molar-refractivity contribution in [3.05, 3.63) is 70.7 Å². The molecule has 5 heteroatoms. The molecular formula is C24H29N3O2. The van der Waals surface area contributed by atoms with Crippen LogP contribution in [0.25, 0.3) is 6.08 Å². The zero-order valence-corrected chi connectivity index (χ0v) is 18.3. The van der Waals surface area contributed by atoms with E-state index in [-0.39, 0.29) is 11.2 Å². The van der Waals surface area contributed by atoms with E-state index in [1.54, 1.807) is 26.2 Å². The number of hydrogen-bond donors (Lipinski definition) is 0. The molecule has 0 aromatic heterocycles. The third-order valence-electron chi connectivity index (χ3n) is 3.91. The summed E-state index contributed by atoms with van der Waals surface area (Å²) in [6, 6.07) is 11.9. The molecule has 0 saturated heterocycles. The van der Waals surface area contributed by atoms with E-state index in [1.807, 2.05) is 88.3 Å². The topological polar surface area (TPSA) is 69.3 Å². The van der Waals surface area contributed by atoms with Gasteiger partial charge in [0, 0.05) is 32.5 Å². The standard InChI is InChI=1S/C19H17N3O.C5H12O/c1-14-10-16(17(12-20)13-21)11-19(23-14)9-6-15-4-7-18(8-5-15)22(2)3;1-5(2,3)6-4/h4-11H,1-3H3;1-4H3/b9-6+;. The van der Waals surface area contributed by atoms with Crippen LogP contribution in [0.1, 0.15) is 33.3 Å². The smallest absolute Gasteiger partial charge is 0.137 e. The third-order valence-corrected chi connectivity index (χ3v) is 3.91. The fourth-order valence-electron chi connectivity index (χ4n) is 2.10. The minimum absolute atomic E-state index is 0.0417. The molecule has 0 fully saturated rings. The summed E-state index contributed by atoms with van der Waals surface area (Å²) in [6.45, 7) is 7.85. The summed E-state index contributed by atoms with van der Waals surface area (Å²) >= 11 is 0. The normalized spacial score (nSPS) is 13.2. The van der Waals surface area contributed by atoms with Crippen LogP contribution in [0.2, 0.25) is 0 Å². The molecule has 0 radical (unpaired) electrons. The second-order valence-corrected chi connectivity index (χ2v) is 7.59. The molecule has 29 heavy (non-hydrogen) atoms. The first-order valence-electron chi connectivity index (χ1n) is 9.22. The molecule has 0 atom stereocenters. The SMILES string of the molecule is CC1=CC(=C(C#N)C#N)C=C(/C=C/c2ccc(N(C)C)cc2)O1.COC(C)(C)C. The van der Waals surface area contributed by atoms with Gasteiger partial charge in [0.1, 0.15) is 29.2 Å². The Morgan fingerprint density at radius 1 is 1.03 bits per heavy atom. The Hall–Kier alpha value is -3.28.